The first-order valence-electron chi connectivity index (χ1n) is 10.4. The molecule has 3 heterocycles. The second-order valence-electron chi connectivity index (χ2n) is 7.55. The number of ketones is 1. The molecule has 0 aliphatic rings. The summed E-state index contributed by atoms with van der Waals surface area (Å²) in [6.07, 6.45) is 3.44. The molecule has 0 saturated carbocycles. The molecule has 0 unspecified atom stereocenters. The fraction of sp³-hybridized carbons (Fsp3) is 0.250. The van der Waals surface area contributed by atoms with Crippen LogP contribution in [0.1, 0.15) is 34.2 Å². The molecule has 0 atom stereocenters. The van der Waals surface area contributed by atoms with Crippen LogP contribution in [0.5, 0.6) is 0 Å². The highest BCUT2D eigenvalue weighted by atomic mass is 32.2. The molecule has 32 heavy (non-hydrogen) atoms. The number of Topliss-reactive ketones (excluding diaryl/α,β-unsaturated/α-hetero) is 1. The minimum absolute atomic E-state index is 0.00181. The van der Waals surface area contributed by atoms with Crippen molar-refractivity contribution in [3.63, 3.8) is 0 Å². The average molecular weight is 450 g/mol. The smallest absolute Gasteiger partial charge is 0.191 e. The molecule has 0 aliphatic heterocycles. The molecule has 8 heteroatoms. The minimum Gasteiger partial charge on any atom is -0.318 e. The van der Waals surface area contributed by atoms with E-state index in [-0.39, 0.29) is 17.4 Å². The van der Waals surface area contributed by atoms with Gasteiger partial charge in [-0.1, -0.05) is 17.8 Å². The van der Waals surface area contributed by atoms with Crippen LogP contribution in [0, 0.1) is 26.6 Å². The lowest BCUT2D eigenvalue weighted by atomic mass is 10.2. The van der Waals surface area contributed by atoms with E-state index in [1.54, 1.807) is 25.4 Å². The number of rotatable bonds is 7. The Bertz CT molecular complexity index is 1280. The third kappa shape index (κ3) is 4.10. The van der Waals surface area contributed by atoms with Gasteiger partial charge in [0.1, 0.15) is 5.82 Å². The molecule has 0 N–H and O–H groups in total. The normalized spacial score (nSPS) is 11.2. The molecule has 4 rings (SSSR count). The van der Waals surface area contributed by atoms with E-state index in [0.717, 1.165) is 22.8 Å². The summed E-state index contributed by atoms with van der Waals surface area (Å²) in [6, 6.07) is 10.8. The Labute approximate surface area is 190 Å². The predicted molar refractivity (Wildman–Crippen MR) is 124 cm³/mol. The van der Waals surface area contributed by atoms with Crippen LogP contribution in [-0.4, -0.2) is 35.9 Å². The summed E-state index contributed by atoms with van der Waals surface area (Å²) in [4.78, 5) is 17.1. The van der Waals surface area contributed by atoms with Crippen molar-refractivity contribution in [3.05, 3.63) is 77.1 Å². The SMILES string of the molecule is CCn1c(SCC(=O)c2cc(C)n(-c3ccc(C)c(F)c3)c2C)nnc1-c1ccncc1. The first-order valence-corrected chi connectivity index (χ1v) is 11.3. The van der Waals surface area contributed by atoms with Gasteiger partial charge in [-0.25, -0.2) is 4.39 Å². The van der Waals surface area contributed by atoms with Gasteiger partial charge in [-0.05, 0) is 63.6 Å². The molecule has 6 nitrogen and oxygen atoms in total. The summed E-state index contributed by atoms with van der Waals surface area (Å²) < 4.78 is 18.0. The summed E-state index contributed by atoms with van der Waals surface area (Å²) >= 11 is 1.37. The predicted octanol–water partition coefficient (Wildman–Crippen LogP) is 5.19. The Morgan fingerprint density at radius 1 is 1.06 bits per heavy atom. The van der Waals surface area contributed by atoms with Crippen molar-refractivity contribution < 1.29 is 9.18 Å². The molecule has 4 aromatic rings. The molecule has 1 aromatic carbocycles. The van der Waals surface area contributed by atoms with E-state index < -0.39 is 0 Å². The number of carbonyl (C=O) groups is 1. The Balaban J connectivity index is 1.56. The molecule has 0 bridgehead atoms. The van der Waals surface area contributed by atoms with Gasteiger partial charge in [-0.15, -0.1) is 10.2 Å². The number of aryl methyl sites for hydroxylation is 2. The van der Waals surface area contributed by atoms with Crippen LogP contribution in [0.25, 0.3) is 17.1 Å². The fourth-order valence-corrected chi connectivity index (χ4v) is 4.65. The number of pyridine rings is 1. The summed E-state index contributed by atoms with van der Waals surface area (Å²) in [7, 11) is 0. The summed E-state index contributed by atoms with van der Waals surface area (Å²) in [5.41, 5.74) is 4.55. The summed E-state index contributed by atoms with van der Waals surface area (Å²) in [5, 5.41) is 9.30. The highest BCUT2D eigenvalue weighted by Gasteiger charge is 2.19. The number of carbonyl (C=O) groups excluding carboxylic acids is 1. The van der Waals surface area contributed by atoms with Crippen molar-refractivity contribution >= 4 is 17.5 Å². The van der Waals surface area contributed by atoms with Crippen LogP contribution >= 0.6 is 11.8 Å². The second kappa shape index (κ2) is 9.08. The van der Waals surface area contributed by atoms with Crippen molar-refractivity contribution in [2.75, 3.05) is 5.75 Å². The third-order valence-corrected chi connectivity index (χ3v) is 6.42. The van der Waals surface area contributed by atoms with E-state index in [2.05, 4.69) is 15.2 Å². The lowest BCUT2D eigenvalue weighted by Crippen LogP contribution is -2.07. The minimum atomic E-state index is -0.262. The molecule has 0 saturated heterocycles. The first-order chi connectivity index (χ1) is 15.4. The molecule has 3 aromatic heterocycles. The third-order valence-electron chi connectivity index (χ3n) is 5.45. The molecular formula is C24H24FN5OS. The second-order valence-corrected chi connectivity index (χ2v) is 8.49. The molecule has 0 fully saturated rings. The number of thioether (sulfide) groups is 1. The van der Waals surface area contributed by atoms with Crippen molar-refractivity contribution in [1.29, 1.82) is 0 Å². The molecule has 164 valence electrons. The van der Waals surface area contributed by atoms with Gasteiger partial charge in [0.15, 0.2) is 16.8 Å². The van der Waals surface area contributed by atoms with Crippen LogP contribution in [-0.2, 0) is 6.54 Å². The molecule has 0 spiro atoms. The number of hydrogen-bond acceptors (Lipinski definition) is 5. The number of nitrogens with zero attached hydrogens (tertiary/aromatic N) is 5. The van der Waals surface area contributed by atoms with Gasteiger partial charge >= 0.3 is 0 Å². The van der Waals surface area contributed by atoms with E-state index >= 15 is 0 Å². The fourth-order valence-electron chi connectivity index (χ4n) is 3.77. The Kier molecular flexibility index (Phi) is 6.23. The zero-order valence-electron chi connectivity index (χ0n) is 18.5. The molecule has 0 radical (unpaired) electrons. The quantitative estimate of drug-likeness (QED) is 0.287. The number of halogens is 1. The van der Waals surface area contributed by atoms with Gasteiger partial charge in [0.05, 0.1) is 5.75 Å². The Morgan fingerprint density at radius 2 is 1.81 bits per heavy atom. The highest BCUT2D eigenvalue weighted by molar-refractivity contribution is 7.99. The first kappa shape index (κ1) is 22.0. The molecule has 0 amide bonds. The number of benzene rings is 1. The van der Waals surface area contributed by atoms with Crippen LogP contribution in [0.3, 0.4) is 0 Å². The van der Waals surface area contributed by atoms with Gasteiger partial charge in [-0.3, -0.25) is 9.78 Å². The van der Waals surface area contributed by atoms with E-state index in [0.29, 0.717) is 28.5 Å². The van der Waals surface area contributed by atoms with Crippen molar-refractivity contribution in [3.8, 4) is 17.1 Å². The van der Waals surface area contributed by atoms with Crippen LogP contribution in [0.15, 0.2) is 53.9 Å². The Morgan fingerprint density at radius 3 is 2.50 bits per heavy atom. The zero-order valence-corrected chi connectivity index (χ0v) is 19.3. The standard InChI is InChI=1S/C24H24FN5OS/c1-5-29-23(18-8-10-26-11-9-18)27-28-24(29)32-14-22(31)20-12-16(3)30(17(20)4)19-7-6-15(2)21(25)13-19/h6-13H,5,14H2,1-4H3. The van der Waals surface area contributed by atoms with Gasteiger partial charge in [-0.2, -0.15) is 0 Å². The maximum absolute atomic E-state index is 14.1. The zero-order chi connectivity index (χ0) is 22.8. The van der Waals surface area contributed by atoms with Crippen LogP contribution < -0.4 is 0 Å². The maximum Gasteiger partial charge on any atom is 0.191 e. The van der Waals surface area contributed by atoms with E-state index in [1.807, 2.05) is 54.2 Å². The van der Waals surface area contributed by atoms with Crippen LogP contribution in [0.4, 0.5) is 4.39 Å². The van der Waals surface area contributed by atoms with Gasteiger partial charge in [0, 0.05) is 47.1 Å². The monoisotopic (exact) mass is 449 g/mol. The van der Waals surface area contributed by atoms with Gasteiger partial charge in [0.25, 0.3) is 0 Å². The van der Waals surface area contributed by atoms with Crippen molar-refractivity contribution in [2.45, 2.75) is 39.4 Å². The van der Waals surface area contributed by atoms with Gasteiger partial charge < -0.3 is 9.13 Å². The number of aromatic nitrogens is 5. The maximum atomic E-state index is 14.1. The lowest BCUT2D eigenvalue weighted by molar-refractivity contribution is 0.102. The average Bonchev–Trinajstić information content (AvgIpc) is 3.34. The van der Waals surface area contributed by atoms with Crippen molar-refractivity contribution in [1.82, 2.24) is 24.3 Å². The molecular weight excluding hydrogens is 425 g/mol. The van der Waals surface area contributed by atoms with E-state index in [9.17, 15) is 9.18 Å². The number of hydrogen-bond donors (Lipinski definition) is 0. The largest absolute Gasteiger partial charge is 0.318 e. The van der Waals surface area contributed by atoms with E-state index in [1.165, 1.54) is 17.8 Å². The van der Waals surface area contributed by atoms with Crippen LogP contribution in [0.2, 0.25) is 0 Å². The van der Waals surface area contributed by atoms with E-state index in [4.69, 9.17) is 0 Å². The highest BCUT2D eigenvalue weighted by Crippen LogP contribution is 2.27. The van der Waals surface area contributed by atoms with Gasteiger partial charge in [0.2, 0.25) is 0 Å². The Hall–Kier alpha value is -3.26. The lowest BCUT2D eigenvalue weighted by Gasteiger charge is -2.11. The topological polar surface area (TPSA) is 65.6 Å². The summed E-state index contributed by atoms with van der Waals surface area (Å²) in [5.74, 6) is 0.728. The van der Waals surface area contributed by atoms with Crippen molar-refractivity contribution in [2.24, 2.45) is 0 Å². The molecule has 0 aliphatic carbocycles. The summed E-state index contributed by atoms with van der Waals surface area (Å²) in [6.45, 7) is 8.25.